The van der Waals surface area contributed by atoms with Crippen LogP contribution in [0.25, 0.3) is 11.4 Å². The number of alkyl halides is 3. The summed E-state index contributed by atoms with van der Waals surface area (Å²) in [7, 11) is 0. The smallest absolute Gasteiger partial charge is 0.383 e. The molecular weight excluding hydrogens is 299 g/mol. The summed E-state index contributed by atoms with van der Waals surface area (Å²) in [5.74, 6) is 0.943. The predicted octanol–water partition coefficient (Wildman–Crippen LogP) is 3.83. The topological polar surface area (TPSA) is 51.8 Å². The molecule has 1 heterocycles. The third-order valence-electron chi connectivity index (χ3n) is 3.31. The molecule has 1 aromatic heterocycles. The lowest BCUT2D eigenvalue weighted by Gasteiger charge is -2.08. The predicted molar refractivity (Wildman–Crippen MR) is 75.8 cm³/mol. The molecule has 0 spiro atoms. The highest BCUT2D eigenvalue weighted by atomic mass is 32.2. The number of anilines is 1. The van der Waals surface area contributed by atoms with E-state index < -0.39 is 5.51 Å². The molecule has 1 aromatic carbocycles. The number of nitrogen functional groups attached to an aromatic ring is 1. The van der Waals surface area contributed by atoms with Gasteiger partial charge in [-0.25, -0.2) is 9.97 Å². The summed E-state index contributed by atoms with van der Waals surface area (Å²) in [5, 5.41) is 0. The van der Waals surface area contributed by atoms with Crippen molar-refractivity contribution in [1.82, 2.24) is 9.97 Å². The van der Waals surface area contributed by atoms with Crippen molar-refractivity contribution in [3.8, 4) is 11.4 Å². The first-order valence-electron chi connectivity index (χ1n) is 6.44. The molecule has 3 rings (SSSR count). The molecule has 110 valence electrons. The van der Waals surface area contributed by atoms with Crippen LogP contribution >= 0.6 is 11.8 Å². The first-order chi connectivity index (χ1) is 9.92. The van der Waals surface area contributed by atoms with Gasteiger partial charge in [-0.2, -0.15) is 13.2 Å². The van der Waals surface area contributed by atoms with Crippen LogP contribution in [-0.4, -0.2) is 15.5 Å². The Morgan fingerprint density at radius 2 is 1.76 bits per heavy atom. The molecule has 1 aliphatic rings. The fourth-order valence-electron chi connectivity index (χ4n) is 2.40. The van der Waals surface area contributed by atoms with E-state index in [1.807, 2.05) is 0 Å². The Kier molecular flexibility index (Phi) is 3.52. The first kappa shape index (κ1) is 14.2. The second-order valence-corrected chi connectivity index (χ2v) is 5.92. The normalized spacial score (nSPS) is 14.2. The minimum absolute atomic E-state index is 0.138. The molecule has 0 unspecified atom stereocenters. The zero-order chi connectivity index (χ0) is 15.0. The van der Waals surface area contributed by atoms with Gasteiger partial charge in [-0.15, -0.1) is 0 Å². The van der Waals surface area contributed by atoms with Crippen LogP contribution in [0.3, 0.4) is 0 Å². The zero-order valence-electron chi connectivity index (χ0n) is 10.9. The summed E-state index contributed by atoms with van der Waals surface area (Å²) in [6.45, 7) is 0. The molecular formula is C14H12F3N3S. The van der Waals surface area contributed by atoms with E-state index in [2.05, 4.69) is 9.97 Å². The summed E-state index contributed by atoms with van der Waals surface area (Å²) in [4.78, 5) is 8.86. The van der Waals surface area contributed by atoms with E-state index in [1.165, 1.54) is 12.1 Å². The Bertz CT molecular complexity index is 668. The second kappa shape index (κ2) is 5.22. The Labute approximate surface area is 123 Å². The lowest BCUT2D eigenvalue weighted by Crippen LogP contribution is -2.03. The summed E-state index contributed by atoms with van der Waals surface area (Å²) in [5.41, 5.74) is 4.26. The molecule has 0 amide bonds. The average Bonchev–Trinajstić information content (AvgIpc) is 2.86. The van der Waals surface area contributed by atoms with Crippen LogP contribution in [-0.2, 0) is 12.8 Å². The number of thioether (sulfide) groups is 1. The second-order valence-electron chi connectivity index (χ2n) is 4.78. The summed E-state index contributed by atoms with van der Waals surface area (Å²) in [6.07, 6.45) is 2.78. The maximum absolute atomic E-state index is 12.3. The van der Waals surface area contributed by atoms with Crippen LogP contribution in [0.2, 0.25) is 0 Å². The number of fused-ring (bicyclic) bond motifs is 1. The summed E-state index contributed by atoms with van der Waals surface area (Å²) >= 11 is -0.138. The summed E-state index contributed by atoms with van der Waals surface area (Å²) in [6, 6.07) is 6.01. The van der Waals surface area contributed by atoms with Gasteiger partial charge in [0.2, 0.25) is 0 Å². The van der Waals surface area contributed by atoms with Crippen LogP contribution in [0.5, 0.6) is 0 Å². The van der Waals surface area contributed by atoms with E-state index >= 15 is 0 Å². The molecule has 0 saturated carbocycles. The quantitative estimate of drug-likeness (QED) is 0.857. The molecule has 3 nitrogen and oxygen atoms in total. The van der Waals surface area contributed by atoms with Crippen molar-refractivity contribution >= 4 is 17.6 Å². The Morgan fingerprint density at radius 1 is 1.05 bits per heavy atom. The van der Waals surface area contributed by atoms with E-state index in [1.54, 1.807) is 12.1 Å². The largest absolute Gasteiger partial charge is 0.446 e. The first-order valence-corrected chi connectivity index (χ1v) is 7.25. The fraction of sp³-hybridized carbons (Fsp3) is 0.286. The molecule has 0 fully saturated rings. The van der Waals surface area contributed by atoms with Crippen molar-refractivity contribution in [2.75, 3.05) is 5.73 Å². The van der Waals surface area contributed by atoms with Gasteiger partial charge >= 0.3 is 5.51 Å². The standard InChI is InChI=1S/C14H12F3N3S/c15-14(16,17)21-9-6-4-8(5-7-9)13-19-11-3-1-2-10(11)12(18)20-13/h4-7H,1-3H2,(H2,18,19,20). The van der Waals surface area contributed by atoms with Crippen LogP contribution in [0.4, 0.5) is 19.0 Å². The van der Waals surface area contributed by atoms with Crippen molar-refractivity contribution in [2.45, 2.75) is 29.7 Å². The van der Waals surface area contributed by atoms with Gasteiger partial charge in [0.1, 0.15) is 5.82 Å². The number of halogens is 3. The van der Waals surface area contributed by atoms with Gasteiger partial charge in [0.05, 0.1) is 0 Å². The van der Waals surface area contributed by atoms with Crippen molar-refractivity contribution in [1.29, 1.82) is 0 Å². The number of nitrogens with two attached hydrogens (primary N) is 1. The van der Waals surface area contributed by atoms with Gasteiger partial charge in [-0.05, 0) is 43.2 Å². The van der Waals surface area contributed by atoms with Gasteiger partial charge in [-0.3, -0.25) is 0 Å². The van der Waals surface area contributed by atoms with Crippen molar-refractivity contribution in [3.05, 3.63) is 35.5 Å². The number of hydrogen-bond acceptors (Lipinski definition) is 4. The molecule has 1 aliphatic carbocycles. The number of aryl methyl sites for hydroxylation is 1. The van der Waals surface area contributed by atoms with Gasteiger partial charge < -0.3 is 5.73 Å². The van der Waals surface area contributed by atoms with Gasteiger partial charge in [-0.1, -0.05) is 12.1 Å². The van der Waals surface area contributed by atoms with E-state index in [9.17, 15) is 13.2 Å². The number of hydrogen-bond donors (Lipinski definition) is 1. The third kappa shape index (κ3) is 3.12. The van der Waals surface area contributed by atoms with Crippen molar-refractivity contribution in [2.24, 2.45) is 0 Å². The average molecular weight is 311 g/mol. The van der Waals surface area contributed by atoms with E-state index in [4.69, 9.17) is 5.73 Å². The number of nitrogens with zero attached hydrogens (tertiary/aromatic N) is 2. The molecule has 2 aromatic rings. The summed E-state index contributed by atoms with van der Waals surface area (Å²) < 4.78 is 36.9. The number of aromatic nitrogens is 2. The lowest BCUT2D eigenvalue weighted by atomic mass is 10.2. The maximum Gasteiger partial charge on any atom is 0.446 e. The number of rotatable bonds is 2. The minimum atomic E-state index is -4.28. The molecule has 0 bridgehead atoms. The highest BCUT2D eigenvalue weighted by molar-refractivity contribution is 8.00. The van der Waals surface area contributed by atoms with E-state index in [0.29, 0.717) is 17.2 Å². The molecule has 21 heavy (non-hydrogen) atoms. The monoisotopic (exact) mass is 311 g/mol. The third-order valence-corrected chi connectivity index (χ3v) is 4.05. The Balaban J connectivity index is 1.89. The van der Waals surface area contributed by atoms with Crippen LogP contribution in [0, 0.1) is 0 Å². The number of benzene rings is 1. The Morgan fingerprint density at radius 3 is 2.43 bits per heavy atom. The highest BCUT2D eigenvalue weighted by Crippen LogP contribution is 2.37. The van der Waals surface area contributed by atoms with Gasteiger partial charge in [0.15, 0.2) is 5.82 Å². The molecule has 0 aliphatic heterocycles. The fourth-order valence-corrected chi connectivity index (χ4v) is 2.94. The molecule has 0 saturated heterocycles. The molecule has 2 N–H and O–H groups in total. The van der Waals surface area contributed by atoms with Crippen molar-refractivity contribution < 1.29 is 13.2 Å². The molecule has 7 heteroatoms. The van der Waals surface area contributed by atoms with E-state index in [0.717, 1.165) is 30.5 Å². The van der Waals surface area contributed by atoms with Gasteiger partial charge in [0, 0.05) is 21.7 Å². The van der Waals surface area contributed by atoms with Gasteiger partial charge in [0.25, 0.3) is 0 Å². The lowest BCUT2D eigenvalue weighted by molar-refractivity contribution is -0.0328. The SMILES string of the molecule is Nc1nc(-c2ccc(SC(F)(F)F)cc2)nc2c1CCC2. The van der Waals surface area contributed by atoms with Crippen LogP contribution in [0.1, 0.15) is 17.7 Å². The Hall–Kier alpha value is -1.76. The maximum atomic E-state index is 12.3. The van der Waals surface area contributed by atoms with E-state index in [-0.39, 0.29) is 16.7 Å². The minimum Gasteiger partial charge on any atom is -0.383 e. The zero-order valence-corrected chi connectivity index (χ0v) is 11.8. The molecule has 0 atom stereocenters. The highest BCUT2D eigenvalue weighted by Gasteiger charge is 2.29. The van der Waals surface area contributed by atoms with Crippen LogP contribution < -0.4 is 5.73 Å². The molecule has 0 radical (unpaired) electrons. The van der Waals surface area contributed by atoms with Crippen molar-refractivity contribution in [3.63, 3.8) is 0 Å². The van der Waals surface area contributed by atoms with Crippen LogP contribution in [0.15, 0.2) is 29.2 Å².